The summed E-state index contributed by atoms with van der Waals surface area (Å²) in [6, 6.07) is 0. The van der Waals surface area contributed by atoms with Crippen molar-refractivity contribution in [2.24, 2.45) is 0 Å². The maximum Gasteiger partial charge on any atom is 0.108 e. The summed E-state index contributed by atoms with van der Waals surface area (Å²) < 4.78 is 0. The lowest BCUT2D eigenvalue weighted by Gasteiger charge is -2.14. The summed E-state index contributed by atoms with van der Waals surface area (Å²) in [6.07, 6.45) is 2.47. The zero-order valence-electron chi connectivity index (χ0n) is 7.11. The molecule has 0 rings (SSSR count). The molecular weight excluding hydrogens is 180 g/mol. The molecule has 0 aromatic rings. The second-order valence-electron chi connectivity index (χ2n) is 3.36. The highest BCUT2D eigenvalue weighted by atomic mass is 35.5. The fourth-order valence-electron chi connectivity index (χ4n) is 0.575. The first-order valence-electron chi connectivity index (χ1n) is 3.76. The lowest BCUT2D eigenvalue weighted by Crippen LogP contribution is -2.14. The molecule has 0 amide bonds. The quantitative estimate of drug-likeness (QED) is 0.368. The van der Waals surface area contributed by atoms with Gasteiger partial charge in [0.05, 0.1) is 0 Å². The van der Waals surface area contributed by atoms with Crippen molar-refractivity contribution in [3.63, 3.8) is 0 Å². The maximum atomic E-state index is 5.55. The Labute approximate surface area is 74.4 Å². The van der Waals surface area contributed by atoms with E-state index in [0.29, 0.717) is 0 Å². The van der Waals surface area contributed by atoms with Crippen LogP contribution in [0.4, 0.5) is 0 Å². The SMILES string of the molecule is C[Si](C)(C)SCCCCCl. The van der Waals surface area contributed by atoms with Gasteiger partial charge in [-0.1, -0.05) is 19.6 Å². The van der Waals surface area contributed by atoms with Gasteiger partial charge in [-0.25, -0.2) is 0 Å². The zero-order chi connectivity index (χ0) is 8.04. The van der Waals surface area contributed by atoms with Gasteiger partial charge in [0.25, 0.3) is 0 Å². The summed E-state index contributed by atoms with van der Waals surface area (Å²) in [6.45, 7) is 7.16. The van der Waals surface area contributed by atoms with Gasteiger partial charge in [-0.15, -0.1) is 11.6 Å². The Hall–Kier alpha value is 0.857. The molecule has 0 N–H and O–H groups in total. The molecular formula is C7H17ClSSi. The molecule has 0 bridgehead atoms. The summed E-state index contributed by atoms with van der Waals surface area (Å²) in [4.78, 5) is 0. The lowest BCUT2D eigenvalue weighted by molar-refractivity contribution is 0.905. The highest BCUT2D eigenvalue weighted by Crippen LogP contribution is 2.20. The fourth-order valence-corrected chi connectivity index (χ4v) is 3.99. The van der Waals surface area contributed by atoms with Crippen molar-refractivity contribution in [1.82, 2.24) is 0 Å². The van der Waals surface area contributed by atoms with Gasteiger partial charge in [-0.05, 0) is 18.6 Å². The van der Waals surface area contributed by atoms with Gasteiger partial charge >= 0.3 is 0 Å². The molecule has 0 saturated heterocycles. The molecule has 0 fully saturated rings. The summed E-state index contributed by atoms with van der Waals surface area (Å²) in [7, 11) is -0.834. The maximum absolute atomic E-state index is 5.55. The molecule has 0 saturated carbocycles. The van der Waals surface area contributed by atoms with Crippen LogP contribution in [0.25, 0.3) is 0 Å². The van der Waals surface area contributed by atoms with Crippen molar-refractivity contribution in [3.05, 3.63) is 0 Å². The third-order valence-corrected chi connectivity index (χ3v) is 5.90. The molecule has 0 radical (unpaired) electrons. The molecule has 0 heterocycles. The second kappa shape index (κ2) is 5.50. The van der Waals surface area contributed by atoms with Crippen molar-refractivity contribution in [2.75, 3.05) is 11.6 Å². The van der Waals surface area contributed by atoms with Crippen LogP contribution in [0.2, 0.25) is 19.6 Å². The first-order chi connectivity index (χ1) is 4.56. The Morgan fingerprint density at radius 2 is 1.80 bits per heavy atom. The summed E-state index contributed by atoms with van der Waals surface area (Å²) in [5.74, 6) is 2.13. The van der Waals surface area contributed by atoms with Crippen LogP contribution in [-0.2, 0) is 0 Å². The van der Waals surface area contributed by atoms with Gasteiger partial charge in [0.15, 0.2) is 0 Å². The third kappa shape index (κ3) is 8.86. The number of halogens is 1. The molecule has 0 aliphatic rings. The van der Waals surface area contributed by atoms with Gasteiger partial charge in [0.2, 0.25) is 0 Å². The van der Waals surface area contributed by atoms with E-state index in [1.807, 2.05) is 0 Å². The second-order valence-corrected chi connectivity index (χ2v) is 13.2. The van der Waals surface area contributed by atoms with E-state index in [4.69, 9.17) is 11.6 Å². The van der Waals surface area contributed by atoms with E-state index < -0.39 is 7.22 Å². The largest absolute Gasteiger partial charge is 0.186 e. The number of rotatable bonds is 5. The molecule has 0 aromatic heterocycles. The Balaban J connectivity index is 3.04. The Morgan fingerprint density at radius 3 is 2.20 bits per heavy atom. The third-order valence-electron chi connectivity index (χ3n) is 1.06. The molecule has 0 aromatic carbocycles. The van der Waals surface area contributed by atoms with E-state index in [2.05, 4.69) is 30.9 Å². The predicted octanol–water partition coefficient (Wildman–Crippen LogP) is 3.57. The number of hydrogen-bond acceptors (Lipinski definition) is 1. The molecule has 0 spiro atoms. The van der Waals surface area contributed by atoms with Crippen molar-refractivity contribution in [2.45, 2.75) is 32.5 Å². The first kappa shape index (κ1) is 10.9. The molecule has 10 heavy (non-hydrogen) atoms. The number of hydrogen-bond donors (Lipinski definition) is 0. The molecule has 0 atom stereocenters. The van der Waals surface area contributed by atoms with E-state index >= 15 is 0 Å². The minimum absolute atomic E-state index is 0.826. The number of unbranched alkanes of at least 4 members (excludes halogenated alkanes) is 1. The molecule has 0 aliphatic heterocycles. The van der Waals surface area contributed by atoms with Gasteiger partial charge in [-0.3, -0.25) is 0 Å². The minimum atomic E-state index is -0.834. The number of alkyl halides is 1. The van der Waals surface area contributed by atoms with Crippen LogP contribution >= 0.6 is 22.8 Å². The fraction of sp³-hybridized carbons (Fsp3) is 1.00. The normalized spacial score (nSPS) is 12.0. The van der Waals surface area contributed by atoms with E-state index in [0.717, 1.165) is 5.88 Å². The Morgan fingerprint density at radius 1 is 1.20 bits per heavy atom. The van der Waals surface area contributed by atoms with Gasteiger partial charge in [0.1, 0.15) is 7.22 Å². The van der Waals surface area contributed by atoms with Crippen LogP contribution in [0.15, 0.2) is 0 Å². The van der Waals surface area contributed by atoms with Crippen LogP contribution in [0.3, 0.4) is 0 Å². The topological polar surface area (TPSA) is 0 Å². The van der Waals surface area contributed by atoms with E-state index in [-0.39, 0.29) is 0 Å². The smallest absolute Gasteiger partial charge is 0.108 e. The van der Waals surface area contributed by atoms with Crippen molar-refractivity contribution in [1.29, 1.82) is 0 Å². The monoisotopic (exact) mass is 196 g/mol. The molecule has 0 unspecified atom stereocenters. The van der Waals surface area contributed by atoms with Crippen LogP contribution in [0, 0.1) is 0 Å². The molecule has 62 valence electrons. The lowest BCUT2D eigenvalue weighted by atomic mass is 10.4. The van der Waals surface area contributed by atoms with Crippen molar-refractivity contribution in [3.8, 4) is 0 Å². The van der Waals surface area contributed by atoms with E-state index in [1.165, 1.54) is 18.6 Å². The van der Waals surface area contributed by atoms with Gasteiger partial charge in [-0.2, -0.15) is 11.2 Å². The molecule has 0 nitrogen and oxygen atoms in total. The van der Waals surface area contributed by atoms with Crippen molar-refractivity contribution < 1.29 is 0 Å². The van der Waals surface area contributed by atoms with Gasteiger partial charge < -0.3 is 0 Å². The summed E-state index contributed by atoms with van der Waals surface area (Å²) >= 11 is 7.71. The highest BCUT2D eigenvalue weighted by molar-refractivity contribution is 8.28. The van der Waals surface area contributed by atoms with E-state index in [1.54, 1.807) is 0 Å². The Kier molecular flexibility index (Phi) is 5.97. The first-order valence-corrected chi connectivity index (χ1v) is 9.50. The van der Waals surface area contributed by atoms with Gasteiger partial charge in [0, 0.05) is 5.88 Å². The standard InChI is InChI=1S/C7H17ClSSi/c1-10(2,3)9-7-5-4-6-8/h4-7H2,1-3H3. The molecule has 3 heteroatoms. The predicted molar refractivity (Wildman–Crippen MR) is 55.8 cm³/mol. The average molecular weight is 197 g/mol. The van der Waals surface area contributed by atoms with Crippen LogP contribution in [0.5, 0.6) is 0 Å². The highest BCUT2D eigenvalue weighted by Gasteiger charge is 2.11. The Bertz CT molecular complexity index is 80.2. The van der Waals surface area contributed by atoms with Crippen LogP contribution in [0.1, 0.15) is 12.8 Å². The average Bonchev–Trinajstić information content (AvgIpc) is 1.78. The summed E-state index contributed by atoms with van der Waals surface area (Å²) in [5, 5.41) is 0. The van der Waals surface area contributed by atoms with Crippen molar-refractivity contribution >= 4 is 30.0 Å². The summed E-state index contributed by atoms with van der Waals surface area (Å²) in [5.41, 5.74) is 0. The zero-order valence-corrected chi connectivity index (χ0v) is 9.69. The van der Waals surface area contributed by atoms with E-state index in [9.17, 15) is 0 Å². The minimum Gasteiger partial charge on any atom is -0.186 e. The van der Waals surface area contributed by atoms with Crippen LogP contribution < -0.4 is 0 Å². The van der Waals surface area contributed by atoms with Crippen LogP contribution in [-0.4, -0.2) is 18.9 Å². The molecule has 0 aliphatic carbocycles.